The average Bonchev–Trinajstić information content (AvgIpc) is 2.80. The first-order valence-electron chi connectivity index (χ1n) is 11.4. The van der Waals surface area contributed by atoms with Crippen LogP contribution in [-0.2, 0) is 5.41 Å². The van der Waals surface area contributed by atoms with E-state index in [1.54, 1.807) is 0 Å². The van der Waals surface area contributed by atoms with Crippen molar-refractivity contribution in [2.24, 2.45) is 0 Å². The minimum atomic E-state index is -0.141. The average molecular weight is 437 g/mol. The zero-order valence-electron chi connectivity index (χ0n) is 20.4. The third-order valence-corrected chi connectivity index (χ3v) is 6.58. The standard InChI is InChI=1S/C31H32O2/c1-21-7-13-29(19-23(21)3)32-27-15-9-25(10-16-27)31(5,6)26-11-17-28(18-12-26)33-30-14-8-22(2)24(4)20-30/h7-20H,1-6H3. The van der Waals surface area contributed by atoms with Crippen molar-refractivity contribution in [3.05, 3.63) is 118 Å². The molecular weight excluding hydrogens is 404 g/mol. The van der Waals surface area contributed by atoms with E-state index in [2.05, 4.69) is 90.1 Å². The molecule has 0 aliphatic carbocycles. The van der Waals surface area contributed by atoms with Crippen molar-refractivity contribution in [1.29, 1.82) is 0 Å². The lowest BCUT2D eigenvalue weighted by molar-refractivity contribution is 0.480. The number of rotatable bonds is 6. The van der Waals surface area contributed by atoms with E-state index in [9.17, 15) is 0 Å². The van der Waals surface area contributed by atoms with Gasteiger partial charge in [-0.3, -0.25) is 0 Å². The first-order valence-corrected chi connectivity index (χ1v) is 11.4. The van der Waals surface area contributed by atoms with Crippen LogP contribution in [0.1, 0.15) is 47.2 Å². The molecule has 0 bridgehead atoms. The highest BCUT2D eigenvalue weighted by molar-refractivity contribution is 5.44. The summed E-state index contributed by atoms with van der Waals surface area (Å²) in [5, 5.41) is 0. The monoisotopic (exact) mass is 436 g/mol. The fourth-order valence-electron chi connectivity index (χ4n) is 3.87. The summed E-state index contributed by atoms with van der Waals surface area (Å²) in [6.45, 7) is 12.9. The maximum Gasteiger partial charge on any atom is 0.127 e. The molecule has 0 N–H and O–H groups in total. The van der Waals surface area contributed by atoms with Gasteiger partial charge >= 0.3 is 0 Å². The van der Waals surface area contributed by atoms with E-state index in [1.165, 1.54) is 33.4 Å². The molecular formula is C31H32O2. The minimum absolute atomic E-state index is 0.141. The highest BCUT2D eigenvalue weighted by atomic mass is 16.5. The largest absolute Gasteiger partial charge is 0.457 e. The molecule has 2 nitrogen and oxygen atoms in total. The van der Waals surface area contributed by atoms with Crippen LogP contribution in [0.2, 0.25) is 0 Å². The van der Waals surface area contributed by atoms with Crippen LogP contribution in [0.25, 0.3) is 0 Å². The maximum absolute atomic E-state index is 6.06. The summed E-state index contributed by atoms with van der Waals surface area (Å²) in [5.74, 6) is 3.42. The smallest absolute Gasteiger partial charge is 0.127 e. The van der Waals surface area contributed by atoms with Gasteiger partial charge in [0.05, 0.1) is 0 Å². The summed E-state index contributed by atoms with van der Waals surface area (Å²) in [6, 6.07) is 29.1. The Balaban J connectivity index is 1.47. The minimum Gasteiger partial charge on any atom is -0.457 e. The summed E-state index contributed by atoms with van der Waals surface area (Å²) in [5.41, 5.74) is 7.33. The Labute approximate surface area is 197 Å². The molecule has 0 aliphatic heterocycles. The van der Waals surface area contributed by atoms with E-state index in [0.29, 0.717) is 0 Å². The van der Waals surface area contributed by atoms with Gasteiger partial charge in [0, 0.05) is 5.41 Å². The van der Waals surface area contributed by atoms with E-state index < -0.39 is 0 Å². The third kappa shape index (κ3) is 5.12. The quantitative estimate of drug-likeness (QED) is 0.300. The molecule has 0 aromatic heterocycles. The van der Waals surface area contributed by atoms with E-state index in [1.807, 2.05) is 36.4 Å². The van der Waals surface area contributed by atoms with Gasteiger partial charge in [0.15, 0.2) is 0 Å². The molecule has 4 aromatic rings. The zero-order chi connectivity index (χ0) is 23.6. The van der Waals surface area contributed by atoms with Crippen molar-refractivity contribution in [1.82, 2.24) is 0 Å². The van der Waals surface area contributed by atoms with Gasteiger partial charge < -0.3 is 9.47 Å². The Morgan fingerprint density at radius 2 is 0.758 bits per heavy atom. The summed E-state index contributed by atoms with van der Waals surface area (Å²) in [7, 11) is 0. The second-order valence-electron chi connectivity index (χ2n) is 9.37. The lowest BCUT2D eigenvalue weighted by Gasteiger charge is -2.26. The van der Waals surface area contributed by atoms with E-state index in [0.717, 1.165) is 23.0 Å². The Hall–Kier alpha value is -3.52. The van der Waals surface area contributed by atoms with Crippen LogP contribution in [0.3, 0.4) is 0 Å². The Morgan fingerprint density at radius 1 is 0.424 bits per heavy atom. The first-order chi connectivity index (χ1) is 15.7. The van der Waals surface area contributed by atoms with E-state index in [-0.39, 0.29) is 5.41 Å². The molecule has 0 saturated heterocycles. The fraction of sp³-hybridized carbons (Fsp3) is 0.226. The summed E-state index contributed by atoms with van der Waals surface area (Å²) in [4.78, 5) is 0. The number of hydrogen-bond donors (Lipinski definition) is 0. The second kappa shape index (κ2) is 9.15. The van der Waals surface area contributed by atoms with Gasteiger partial charge in [-0.25, -0.2) is 0 Å². The number of benzene rings is 4. The van der Waals surface area contributed by atoms with Crippen molar-refractivity contribution in [3.8, 4) is 23.0 Å². The van der Waals surface area contributed by atoms with Gasteiger partial charge in [-0.2, -0.15) is 0 Å². The molecule has 0 spiro atoms. The zero-order valence-corrected chi connectivity index (χ0v) is 20.4. The summed E-state index contributed by atoms with van der Waals surface area (Å²) < 4.78 is 12.1. The van der Waals surface area contributed by atoms with Crippen LogP contribution < -0.4 is 9.47 Å². The highest BCUT2D eigenvalue weighted by Crippen LogP contribution is 2.35. The molecule has 0 heterocycles. The molecule has 0 saturated carbocycles. The Bertz CT molecular complexity index is 1150. The van der Waals surface area contributed by atoms with Crippen molar-refractivity contribution in [2.75, 3.05) is 0 Å². The first kappa shape index (κ1) is 22.7. The highest BCUT2D eigenvalue weighted by Gasteiger charge is 2.23. The van der Waals surface area contributed by atoms with Crippen LogP contribution in [0.15, 0.2) is 84.9 Å². The predicted octanol–water partition coefficient (Wildman–Crippen LogP) is 8.83. The topological polar surface area (TPSA) is 18.5 Å². The van der Waals surface area contributed by atoms with Crippen LogP contribution in [0, 0.1) is 27.7 Å². The maximum atomic E-state index is 6.06. The predicted molar refractivity (Wildman–Crippen MR) is 137 cm³/mol. The van der Waals surface area contributed by atoms with Crippen molar-refractivity contribution < 1.29 is 9.47 Å². The SMILES string of the molecule is Cc1ccc(Oc2ccc(C(C)(C)c3ccc(Oc4ccc(C)c(C)c4)cc3)cc2)cc1C. The lowest BCUT2D eigenvalue weighted by Crippen LogP contribution is -2.18. The summed E-state index contributed by atoms with van der Waals surface area (Å²) >= 11 is 0. The summed E-state index contributed by atoms with van der Waals surface area (Å²) in [6.07, 6.45) is 0. The van der Waals surface area contributed by atoms with Gasteiger partial charge in [-0.15, -0.1) is 0 Å². The third-order valence-electron chi connectivity index (χ3n) is 6.58. The molecule has 0 atom stereocenters. The van der Waals surface area contributed by atoms with Gasteiger partial charge in [0.1, 0.15) is 23.0 Å². The van der Waals surface area contributed by atoms with Crippen molar-refractivity contribution >= 4 is 0 Å². The van der Waals surface area contributed by atoms with Gasteiger partial charge in [-0.1, -0.05) is 50.2 Å². The van der Waals surface area contributed by atoms with E-state index >= 15 is 0 Å². The molecule has 2 heteroatoms. The molecule has 33 heavy (non-hydrogen) atoms. The molecule has 4 aromatic carbocycles. The van der Waals surface area contributed by atoms with Gasteiger partial charge in [0.25, 0.3) is 0 Å². The molecule has 0 amide bonds. The van der Waals surface area contributed by atoms with Crippen LogP contribution in [0.4, 0.5) is 0 Å². The van der Waals surface area contributed by atoms with Gasteiger partial charge in [-0.05, 0) is 110 Å². The Kier molecular flexibility index (Phi) is 6.29. The van der Waals surface area contributed by atoms with Crippen LogP contribution in [-0.4, -0.2) is 0 Å². The molecule has 0 fully saturated rings. The number of ether oxygens (including phenoxy) is 2. The number of hydrogen-bond acceptors (Lipinski definition) is 2. The van der Waals surface area contributed by atoms with Gasteiger partial charge in [0.2, 0.25) is 0 Å². The molecule has 0 aliphatic rings. The van der Waals surface area contributed by atoms with Crippen molar-refractivity contribution in [2.45, 2.75) is 47.0 Å². The molecule has 4 rings (SSSR count). The molecule has 168 valence electrons. The van der Waals surface area contributed by atoms with Crippen LogP contribution in [0.5, 0.6) is 23.0 Å². The fourth-order valence-corrected chi connectivity index (χ4v) is 3.87. The van der Waals surface area contributed by atoms with Crippen LogP contribution >= 0.6 is 0 Å². The normalized spacial score (nSPS) is 11.3. The van der Waals surface area contributed by atoms with E-state index in [4.69, 9.17) is 9.47 Å². The van der Waals surface area contributed by atoms with Crippen molar-refractivity contribution in [3.63, 3.8) is 0 Å². The second-order valence-corrected chi connectivity index (χ2v) is 9.37. The number of aryl methyl sites for hydroxylation is 4. The Morgan fingerprint density at radius 3 is 1.09 bits per heavy atom. The molecule has 0 radical (unpaired) electrons. The lowest BCUT2D eigenvalue weighted by atomic mass is 9.78. The molecule has 0 unspecified atom stereocenters.